The summed E-state index contributed by atoms with van der Waals surface area (Å²) < 4.78 is 19.8. The smallest absolute Gasteiger partial charge is 0.338 e. The zero-order valence-corrected chi connectivity index (χ0v) is 24.5. The maximum Gasteiger partial charge on any atom is 0.338 e. The molecule has 2 aromatic carbocycles. The summed E-state index contributed by atoms with van der Waals surface area (Å²) in [5.41, 5.74) is 2.37. The van der Waals surface area contributed by atoms with Crippen LogP contribution in [0.4, 0.5) is 0 Å². The molecule has 0 amide bonds. The standard InChI is InChI=1S/C29H31BrN2O5S/c1-6-21-24(28(34)35-5)25(19-11-9-8-10-12-19)32-27(33)23(38-29(32)31-21)15-18-13-20(30)26(37-16-17(3)4)22(14-18)36-7-2/h8-15,17,25H,6-7,16H2,1-5H3/b23-15+/t25-/m1/s1. The van der Waals surface area contributed by atoms with E-state index in [0.717, 1.165) is 15.6 Å². The third-order valence-corrected chi connectivity index (χ3v) is 7.53. The third-order valence-electron chi connectivity index (χ3n) is 5.96. The molecule has 0 bridgehead atoms. The molecule has 0 saturated carbocycles. The minimum atomic E-state index is -0.630. The molecule has 0 aliphatic carbocycles. The van der Waals surface area contributed by atoms with Gasteiger partial charge in [0.05, 0.1) is 46.6 Å². The van der Waals surface area contributed by atoms with E-state index in [4.69, 9.17) is 19.2 Å². The van der Waals surface area contributed by atoms with Crippen molar-refractivity contribution >= 4 is 39.3 Å². The van der Waals surface area contributed by atoms with Gasteiger partial charge in [-0.25, -0.2) is 9.79 Å². The summed E-state index contributed by atoms with van der Waals surface area (Å²) in [4.78, 5) is 32.0. The average Bonchev–Trinajstić information content (AvgIpc) is 3.21. The normalized spacial score (nSPS) is 15.3. The molecule has 1 aliphatic rings. The second-order valence-corrected chi connectivity index (χ2v) is 11.0. The summed E-state index contributed by atoms with van der Waals surface area (Å²) >= 11 is 4.91. The Hall–Kier alpha value is -3.17. The fraction of sp³-hybridized carbons (Fsp3) is 0.345. The number of allylic oxidation sites excluding steroid dienone is 1. The van der Waals surface area contributed by atoms with Crippen LogP contribution in [0.1, 0.15) is 51.3 Å². The van der Waals surface area contributed by atoms with E-state index in [9.17, 15) is 9.59 Å². The Balaban J connectivity index is 1.90. The second-order valence-electron chi connectivity index (χ2n) is 9.17. The fourth-order valence-electron chi connectivity index (χ4n) is 4.29. The lowest BCUT2D eigenvalue weighted by Gasteiger charge is -2.25. The van der Waals surface area contributed by atoms with Crippen molar-refractivity contribution in [2.24, 2.45) is 10.9 Å². The second kappa shape index (κ2) is 12.1. The lowest BCUT2D eigenvalue weighted by molar-refractivity contribution is -0.136. The monoisotopic (exact) mass is 598 g/mol. The number of methoxy groups -OCH3 is 1. The Morgan fingerprint density at radius 1 is 1.18 bits per heavy atom. The minimum absolute atomic E-state index is 0.228. The number of hydrogen-bond acceptors (Lipinski definition) is 7. The Morgan fingerprint density at radius 3 is 2.55 bits per heavy atom. The highest BCUT2D eigenvalue weighted by molar-refractivity contribution is 9.10. The molecule has 1 aromatic heterocycles. The topological polar surface area (TPSA) is 79.1 Å². The molecule has 38 heavy (non-hydrogen) atoms. The van der Waals surface area contributed by atoms with Gasteiger partial charge in [0.2, 0.25) is 0 Å². The van der Waals surface area contributed by atoms with E-state index in [1.165, 1.54) is 18.4 Å². The molecular weight excluding hydrogens is 568 g/mol. The van der Waals surface area contributed by atoms with Gasteiger partial charge in [0.1, 0.15) is 0 Å². The first kappa shape index (κ1) is 27.9. The van der Waals surface area contributed by atoms with Crippen molar-refractivity contribution in [3.8, 4) is 11.5 Å². The highest BCUT2D eigenvalue weighted by Gasteiger charge is 2.33. The molecule has 4 rings (SSSR count). The summed E-state index contributed by atoms with van der Waals surface area (Å²) in [5.74, 6) is 1.11. The van der Waals surface area contributed by atoms with Gasteiger partial charge in [0.15, 0.2) is 16.3 Å². The molecule has 0 unspecified atom stereocenters. The largest absolute Gasteiger partial charge is 0.490 e. The zero-order chi connectivity index (χ0) is 27.4. The molecule has 0 radical (unpaired) electrons. The number of benzene rings is 2. The first-order valence-electron chi connectivity index (χ1n) is 12.6. The van der Waals surface area contributed by atoms with Crippen molar-refractivity contribution in [3.63, 3.8) is 0 Å². The van der Waals surface area contributed by atoms with Crippen LogP contribution in [0.2, 0.25) is 0 Å². The van der Waals surface area contributed by atoms with E-state index >= 15 is 0 Å². The van der Waals surface area contributed by atoms with Crippen LogP contribution in [0, 0.1) is 5.92 Å². The molecule has 7 nitrogen and oxygen atoms in total. The minimum Gasteiger partial charge on any atom is -0.490 e. The summed E-state index contributed by atoms with van der Waals surface area (Å²) in [6.45, 7) is 9.05. The Labute approximate surface area is 234 Å². The molecule has 0 saturated heterocycles. The van der Waals surface area contributed by atoms with E-state index in [1.807, 2.05) is 62.4 Å². The number of rotatable bonds is 9. The van der Waals surface area contributed by atoms with Gasteiger partial charge in [-0.1, -0.05) is 62.4 Å². The molecule has 1 atom stereocenters. The number of halogens is 1. The van der Waals surface area contributed by atoms with Crippen molar-refractivity contribution in [1.29, 1.82) is 0 Å². The number of aromatic nitrogens is 1. The van der Waals surface area contributed by atoms with Crippen LogP contribution in [-0.2, 0) is 9.53 Å². The lowest BCUT2D eigenvalue weighted by Crippen LogP contribution is -2.40. The molecule has 200 valence electrons. The highest BCUT2D eigenvalue weighted by atomic mass is 79.9. The van der Waals surface area contributed by atoms with Gasteiger partial charge in [-0.2, -0.15) is 0 Å². The number of esters is 1. The number of ether oxygens (including phenoxy) is 3. The van der Waals surface area contributed by atoms with Gasteiger partial charge in [-0.15, -0.1) is 0 Å². The van der Waals surface area contributed by atoms with Crippen molar-refractivity contribution in [1.82, 2.24) is 4.57 Å². The van der Waals surface area contributed by atoms with Crippen molar-refractivity contribution < 1.29 is 19.0 Å². The molecule has 0 N–H and O–H groups in total. The number of nitrogens with zero attached hydrogens (tertiary/aromatic N) is 2. The van der Waals surface area contributed by atoms with Crippen LogP contribution in [-0.4, -0.2) is 30.9 Å². The van der Waals surface area contributed by atoms with E-state index in [-0.39, 0.29) is 5.56 Å². The molecule has 0 fully saturated rings. The third kappa shape index (κ3) is 5.63. The fourth-order valence-corrected chi connectivity index (χ4v) is 5.88. The molecular formula is C29H31BrN2O5S. The predicted molar refractivity (Wildman–Crippen MR) is 152 cm³/mol. The number of thiazole rings is 1. The molecule has 3 aromatic rings. The van der Waals surface area contributed by atoms with Gasteiger partial charge >= 0.3 is 5.97 Å². The number of carbonyl (C=O) groups excluding carboxylic acids is 1. The lowest BCUT2D eigenvalue weighted by atomic mass is 9.95. The van der Waals surface area contributed by atoms with Crippen LogP contribution in [0.5, 0.6) is 11.5 Å². The highest BCUT2D eigenvalue weighted by Crippen LogP contribution is 2.37. The summed E-state index contributed by atoms with van der Waals surface area (Å²) in [7, 11) is 1.35. The number of carbonyl (C=O) groups is 1. The van der Waals surface area contributed by atoms with Gasteiger partial charge < -0.3 is 14.2 Å². The number of hydrogen-bond donors (Lipinski definition) is 0. The Bertz CT molecular complexity index is 1540. The van der Waals surface area contributed by atoms with Crippen LogP contribution < -0.4 is 24.4 Å². The predicted octanol–water partition coefficient (Wildman–Crippen LogP) is 4.99. The van der Waals surface area contributed by atoms with Crippen molar-refractivity contribution in [2.45, 2.75) is 40.2 Å². The summed E-state index contributed by atoms with van der Waals surface area (Å²) in [6.07, 6.45) is 2.35. The Kier molecular flexibility index (Phi) is 8.89. The first-order chi connectivity index (χ1) is 18.3. The Morgan fingerprint density at radius 2 is 1.92 bits per heavy atom. The summed E-state index contributed by atoms with van der Waals surface area (Å²) in [6, 6.07) is 12.6. The molecule has 2 heterocycles. The molecule has 9 heteroatoms. The van der Waals surface area contributed by atoms with E-state index in [1.54, 1.807) is 4.57 Å². The van der Waals surface area contributed by atoms with E-state index in [2.05, 4.69) is 29.8 Å². The summed E-state index contributed by atoms with van der Waals surface area (Å²) in [5, 5.41) is 0. The van der Waals surface area contributed by atoms with Crippen molar-refractivity contribution in [3.05, 3.63) is 89.0 Å². The van der Waals surface area contributed by atoms with Crippen LogP contribution in [0.3, 0.4) is 0 Å². The maximum absolute atomic E-state index is 13.8. The van der Waals surface area contributed by atoms with Gasteiger partial charge in [-0.05, 0) is 64.5 Å². The molecule has 0 spiro atoms. The van der Waals surface area contributed by atoms with Gasteiger partial charge in [0, 0.05) is 0 Å². The SMILES string of the molecule is CCOc1cc(/C=c2/sc3n(c2=O)[C@H](c2ccccc2)C(C(=O)OC)=C(CC)N=3)cc(Br)c1OCC(C)C. The van der Waals surface area contributed by atoms with Crippen LogP contribution in [0.25, 0.3) is 6.08 Å². The maximum atomic E-state index is 13.8. The van der Waals surface area contributed by atoms with Crippen LogP contribution in [0.15, 0.2) is 68.0 Å². The molecule has 1 aliphatic heterocycles. The van der Waals surface area contributed by atoms with Gasteiger partial charge in [0.25, 0.3) is 5.56 Å². The zero-order valence-electron chi connectivity index (χ0n) is 22.1. The first-order valence-corrected chi connectivity index (χ1v) is 14.2. The van der Waals surface area contributed by atoms with Crippen LogP contribution >= 0.6 is 27.3 Å². The number of fused-ring (bicyclic) bond motifs is 1. The van der Waals surface area contributed by atoms with Crippen molar-refractivity contribution in [2.75, 3.05) is 20.3 Å². The van der Waals surface area contributed by atoms with E-state index < -0.39 is 12.0 Å². The van der Waals surface area contributed by atoms with Gasteiger partial charge in [-0.3, -0.25) is 9.36 Å². The van der Waals surface area contributed by atoms with E-state index in [0.29, 0.717) is 57.7 Å². The average molecular weight is 600 g/mol. The quantitative estimate of drug-likeness (QED) is 0.324.